The standard InChI is InChI=1S/C12H11IN4/c13-12-4-2-9(7-16-12)8-1-3-11(17-15)10(5-8)6-14/h1-7,14,17H,15H2. The van der Waals surface area contributed by atoms with E-state index in [2.05, 4.69) is 33.0 Å². The average Bonchev–Trinajstić information content (AvgIpc) is 2.39. The van der Waals surface area contributed by atoms with Gasteiger partial charge in [-0.2, -0.15) is 0 Å². The Kier molecular flexibility index (Phi) is 3.70. The Morgan fingerprint density at radius 1 is 1.24 bits per heavy atom. The minimum Gasteiger partial charge on any atom is -0.323 e. The van der Waals surface area contributed by atoms with E-state index in [1.54, 1.807) is 0 Å². The molecular weight excluding hydrogens is 327 g/mol. The van der Waals surface area contributed by atoms with E-state index in [1.165, 1.54) is 6.21 Å². The molecule has 0 atom stereocenters. The molecule has 17 heavy (non-hydrogen) atoms. The van der Waals surface area contributed by atoms with Crippen molar-refractivity contribution in [1.29, 1.82) is 5.41 Å². The molecule has 0 aliphatic carbocycles. The fraction of sp³-hybridized carbons (Fsp3) is 0. The maximum atomic E-state index is 7.34. The Morgan fingerprint density at radius 3 is 2.59 bits per heavy atom. The molecule has 0 fully saturated rings. The molecular formula is C12H11IN4. The normalized spacial score (nSPS) is 10.0. The van der Waals surface area contributed by atoms with Crippen molar-refractivity contribution in [3.8, 4) is 11.1 Å². The van der Waals surface area contributed by atoms with Gasteiger partial charge >= 0.3 is 0 Å². The Morgan fingerprint density at radius 2 is 2.00 bits per heavy atom. The first-order valence-electron chi connectivity index (χ1n) is 4.97. The summed E-state index contributed by atoms with van der Waals surface area (Å²) >= 11 is 2.17. The summed E-state index contributed by atoms with van der Waals surface area (Å²) < 4.78 is 0.957. The highest BCUT2D eigenvalue weighted by Gasteiger charge is 2.03. The monoisotopic (exact) mass is 338 g/mol. The predicted octanol–water partition coefficient (Wildman–Crippen LogP) is 2.64. The van der Waals surface area contributed by atoms with Gasteiger partial charge < -0.3 is 10.8 Å². The van der Waals surface area contributed by atoms with Crippen LogP contribution in [0.2, 0.25) is 0 Å². The van der Waals surface area contributed by atoms with E-state index in [4.69, 9.17) is 11.3 Å². The third-order valence-corrected chi connectivity index (χ3v) is 3.06. The molecule has 2 aromatic rings. The van der Waals surface area contributed by atoms with Gasteiger partial charge in [0.2, 0.25) is 0 Å². The number of hydrogen-bond donors (Lipinski definition) is 3. The first-order chi connectivity index (χ1) is 8.24. The molecule has 0 aliphatic heterocycles. The number of halogens is 1. The van der Waals surface area contributed by atoms with E-state index in [9.17, 15) is 0 Å². The average molecular weight is 338 g/mol. The van der Waals surface area contributed by atoms with Crippen molar-refractivity contribution in [3.05, 3.63) is 45.8 Å². The summed E-state index contributed by atoms with van der Waals surface area (Å²) in [6.07, 6.45) is 3.10. The number of nitrogens with one attached hydrogen (secondary N) is 2. The number of hydrazine groups is 1. The summed E-state index contributed by atoms with van der Waals surface area (Å²) in [5.41, 5.74) is 6.10. The molecule has 0 bridgehead atoms. The van der Waals surface area contributed by atoms with E-state index in [-0.39, 0.29) is 0 Å². The zero-order valence-electron chi connectivity index (χ0n) is 8.94. The Bertz CT molecular complexity index is 537. The third kappa shape index (κ3) is 2.62. The summed E-state index contributed by atoms with van der Waals surface area (Å²) in [5.74, 6) is 5.37. The molecule has 0 radical (unpaired) electrons. The molecule has 0 unspecified atom stereocenters. The van der Waals surface area contributed by atoms with Crippen LogP contribution < -0.4 is 11.3 Å². The molecule has 0 amide bonds. The number of pyridine rings is 1. The summed E-state index contributed by atoms with van der Waals surface area (Å²) in [6, 6.07) is 9.67. The summed E-state index contributed by atoms with van der Waals surface area (Å²) in [6.45, 7) is 0. The zero-order valence-corrected chi connectivity index (χ0v) is 11.1. The van der Waals surface area contributed by atoms with Crippen LogP contribution in [-0.2, 0) is 0 Å². The maximum absolute atomic E-state index is 7.34. The van der Waals surface area contributed by atoms with E-state index in [1.807, 2.05) is 36.5 Å². The van der Waals surface area contributed by atoms with Crippen LogP contribution in [0.25, 0.3) is 11.1 Å². The fourth-order valence-corrected chi connectivity index (χ4v) is 1.86. The van der Waals surface area contributed by atoms with Gasteiger partial charge in [-0.1, -0.05) is 12.1 Å². The van der Waals surface area contributed by atoms with E-state index in [0.717, 1.165) is 26.1 Å². The molecule has 1 heterocycles. The number of anilines is 1. The number of aromatic nitrogens is 1. The molecule has 0 saturated heterocycles. The number of nitrogens with zero attached hydrogens (tertiary/aromatic N) is 1. The van der Waals surface area contributed by atoms with Gasteiger partial charge in [-0.15, -0.1) is 0 Å². The molecule has 0 spiro atoms. The van der Waals surface area contributed by atoms with E-state index >= 15 is 0 Å². The van der Waals surface area contributed by atoms with Crippen LogP contribution in [0, 0.1) is 9.11 Å². The minimum atomic E-state index is 0.738. The first-order valence-corrected chi connectivity index (χ1v) is 6.05. The van der Waals surface area contributed by atoms with Gasteiger partial charge in [0, 0.05) is 23.5 Å². The molecule has 1 aromatic carbocycles. The van der Waals surface area contributed by atoms with Crippen molar-refractivity contribution < 1.29 is 0 Å². The highest BCUT2D eigenvalue weighted by atomic mass is 127. The van der Waals surface area contributed by atoms with Crippen LogP contribution in [-0.4, -0.2) is 11.2 Å². The minimum absolute atomic E-state index is 0.738. The van der Waals surface area contributed by atoms with Crippen LogP contribution >= 0.6 is 22.6 Å². The lowest BCUT2D eigenvalue weighted by Crippen LogP contribution is -2.08. The Labute approximate surface area is 113 Å². The highest BCUT2D eigenvalue weighted by molar-refractivity contribution is 14.1. The molecule has 5 heteroatoms. The van der Waals surface area contributed by atoms with Gasteiger partial charge in [-0.25, -0.2) is 4.98 Å². The molecule has 4 nitrogen and oxygen atoms in total. The number of benzene rings is 1. The lowest BCUT2D eigenvalue weighted by molar-refractivity contribution is 1.27. The van der Waals surface area contributed by atoms with Crippen molar-refractivity contribution in [2.75, 3.05) is 5.43 Å². The van der Waals surface area contributed by atoms with Crippen molar-refractivity contribution in [2.24, 2.45) is 5.84 Å². The van der Waals surface area contributed by atoms with E-state index in [0.29, 0.717) is 0 Å². The molecule has 4 N–H and O–H groups in total. The number of nitrogens with two attached hydrogens (primary N) is 1. The Hall–Kier alpha value is -1.47. The smallest absolute Gasteiger partial charge is 0.101 e. The van der Waals surface area contributed by atoms with E-state index < -0.39 is 0 Å². The second-order valence-electron chi connectivity index (χ2n) is 3.46. The van der Waals surface area contributed by atoms with Gasteiger partial charge in [-0.3, -0.25) is 5.84 Å². The van der Waals surface area contributed by atoms with Crippen LogP contribution in [0.3, 0.4) is 0 Å². The van der Waals surface area contributed by atoms with Crippen molar-refractivity contribution in [3.63, 3.8) is 0 Å². The fourth-order valence-electron chi connectivity index (χ4n) is 1.54. The maximum Gasteiger partial charge on any atom is 0.101 e. The second kappa shape index (κ2) is 5.24. The van der Waals surface area contributed by atoms with Crippen LogP contribution in [0.5, 0.6) is 0 Å². The van der Waals surface area contributed by atoms with Crippen molar-refractivity contribution >= 4 is 34.5 Å². The number of nitrogen functional groups attached to an aromatic ring is 1. The molecule has 0 aliphatic rings. The molecule has 1 aromatic heterocycles. The first kappa shape index (κ1) is 12.0. The van der Waals surface area contributed by atoms with Gasteiger partial charge in [0.15, 0.2) is 0 Å². The predicted molar refractivity (Wildman–Crippen MR) is 78.1 cm³/mol. The van der Waals surface area contributed by atoms with Crippen LogP contribution in [0.4, 0.5) is 5.69 Å². The van der Waals surface area contributed by atoms with Gasteiger partial charge in [0.25, 0.3) is 0 Å². The SMILES string of the molecule is N=Cc1cc(-c2ccc(I)nc2)ccc1NN. The second-order valence-corrected chi connectivity index (χ2v) is 4.57. The quantitative estimate of drug-likeness (QED) is 0.265. The molecule has 86 valence electrons. The summed E-state index contributed by atoms with van der Waals surface area (Å²) in [7, 11) is 0. The van der Waals surface area contributed by atoms with Gasteiger partial charge in [0.1, 0.15) is 3.70 Å². The molecule has 2 rings (SSSR count). The van der Waals surface area contributed by atoms with Crippen molar-refractivity contribution in [1.82, 2.24) is 4.98 Å². The van der Waals surface area contributed by atoms with Crippen LogP contribution in [0.1, 0.15) is 5.56 Å². The van der Waals surface area contributed by atoms with Gasteiger partial charge in [-0.05, 0) is 46.4 Å². The van der Waals surface area contributed by atoms with Gasteiger partial charge in [0.05, 0.1) is 5.69 Å². The molecule has 0 saturated carbocycles. The topological polar surface area (TPSA) is 74.8 Å². The number of hydrogen-bond acceptors (Lipinski definition) is 4. The third-order valence-electron chi connectivity index (χ3n) is 2.42. The largest absolute Gasteiger partial charge is 0.323 e. The van der Waals surface area contributed by atoms with Crippen molar-refractivity contribution in [2.45, 2.75) is 0 Å². The lowest BCUT2D eigenvalue weighted by Gasteiger charge is -2.07. The number of rotatable bonds is 3. The zero-order chi connectivity index (χ0) is 12.3. The highest BCUT2D eigenvalue weighted by Crippen LogP contribution is 2.23. The summed E-state index contributed by atoms with van der Waals surface area (Å²) in [4.78, 5) is 4.24. The summed E-state index contributed by atoms with van der Waals surface area (Å²) in [5, 5.41) is 7.34. The Balaban J connectivity index is 2.46. The lowest BCUT2D eigenvalue weighted by atomic mass is 10.0. The van der Waals surface area contributed by atoms with Crippen LogP contribution in [0.15, 0.2) is 36.5 Å².